The highest BCUT2D eigenvalue weighted by Gasteiger charge is 2.26. The minimum absolute atomic E-state index is 0. The monoisotopic (exact) mass is 366 g/mol. The molecule has 9 heteroatoms. The maximum absolute atomic E-state index is 12.4. The van der Waals surface area contributed by atoms with Crippen LogP contribution in [0, 0.1) is 10.1 Å². The molecule has 8 nitrogen and oxygen atoms in total. The van der Waals surface area contributed by atoms with Gasteiger partial charge in [-0.05, 0) is 12.1 Å². The van der Waals surface area contributed by atoms with E-state index in [-0.39, 0.29) is 35.5 Å². The molecule has 0 bridgehead atoms. The highest BCUT2D eigenvalue weighted by atomic mass is 35.5. The molecule has 1 fully saturated rings. The number of nitro benzene ring substituents is 1. The van der Waals surface area contributed by atoms with Crippen LogP contribution in [0.25, 0.3) is 0 Å². The summed E-state index contributed by atoms with van der Waals surface area (Å²) in [6, 6.07) is 8.30. The number of nitrogens with zero attached hydrogens (tertiary/aromatic N) is 3. The molecule has 0 spiro atoms. The molecule has 0 saturated carbocycles. The van der Waals surface area contributed by atoms with Crippen molar-refractivity contribution in [2.24, 2.45) is 5.73 Å². The summed E-state index contributed by atoms with van der Waals surface area (Å²) in [5.41, 5.74) is 6.63. The molecule has 0 aliphatic carbocycles. The van der Waals surface area contributed by atoms with Gasteiger partial charge in [-0.1, -0.05) is 12.1 Å². The zero-order chi connectivity index (χ0) is 17.1. The van der Waals surface area contributed by atoms with Crippen LogP contribution in [-0.2, 0) is 6.54 Å². The maximum atomic E-state index is 12.4. The van der Waals surface area contributed by atoms with Crippen molar-refractivity contribution in [2.45, 2.75) is 6.54 Å². The van der Waals surface area contributed by atoms with Crippen LogP contribution in [0.4, 0.5) is 11.4 Å². The summed E-state index contributed by atoms with van der Waals surface area (Å²) in [4.78, 5) is 26.9. The molecule has 1 aliphatic rings. The minimum Gasteiger partial charge on any atom is -0.467 e. The zero-order valence-electron chi connectivity index (χ0n) is 13.5. The summed E-state index contributed by atoms with van der Waals surface area (Å²) >= 11 is 0. The van der Waals surface area contributed by atoms with Gasteiger partial charge in [0.05, 0.1) is 17.0 Å². The van der Waals surface area contributed by atoms with Gasteiger partial charge in [-0.15, -0.1) is 12.4 Å². The first-order valence-electron chi connectivity index (χ1n) is 7.65. The summed E-state index contributed by atoms with van der Waals surface area (Å²) in [5.74, 6) is 0.456. The number of hydrogen-bond donors (Lipinski definition) is 1. The Kier molecular flexibility index (Phi) is 6.00. The lowest BCUT2D eigenvalue weighted by atomic mass is 10.2. The van der Waals surface area contributed by atoms with Crippen LogP contribution in [0.2, 0.25) is 0 Å². The number of para-hydroxylation sites is 2. The van der Waals surface area contributed by atoms with Crippen LogP contribution >= 0.6 is 12.4 Å². The SMILES string of the molecule is Cl.NCc1cc(C(=O)N2CCN(c3ccccc3[N+](=O)[O-])CC2)co1. The van der Waals surface area contributed by atoms with E-state index < -0.39 is 0 Å². The van der Waals surface area contributed by atoms with Gasteiger partial charge in [-0.2, -0.15) is 0 Å². The van der Waals surface area contributed by atoms with Crippen molar-refractivity contribution in [3.05, 3.63) is 58.0 Å². The molecule has 0 atom stereocenters. The van der Waals surface area contributed by atoms with Crippen LogP contribution in [0.1, 0.15) is 16.1 Å². The van der Waals surface area contributed by atoms with Gasteiger partial charge in [-0.3, -0.25) is 14.9 Å². The number of benzene rings is 1. The molecule has 1 saturated heterocycles. The number of halogens is 1. The van der Waals surface area contributed by atoms with Crippen LogP contribution in [-0.4, -0.2) is 41.9 Å². The van der Waals surface area contributed by atoms with E-state index in [0.717, 1.165) is 0 Å². The Labute approximate surface area is 150 Å². The number of amides is 1. The van der Waals surface area contributed by atoms with Gasteiger partial charge in [-0.25, -0.2) is 0 Å². The Morgan fingerprint density at radius 3 is 2.52 bits per heavy atom. The summed E-state index contributed by atoms with van der Waals surface area (Å²) in [7, 11) is 0. The van der Waals surface area contributed by atoms with E-state index in [1.807, 2.05) is 4.90 Å². The van der Waals surface area contributed by atoms with Gasteiger partial charge >= 0.3 is 0 Å². The summed E-state index contributed by atoms with van der Waals surface area (Å²) < 4.78 is 5.20. The predicted octanol–water partition coefficient (Wildman–Crippen LogP) is 2.03. The van der Waals surface area contributed by atoms with E-state index in [4.69, 9.17) is 10.2 Å². The average Bonchev–Trinajstić information content (AvgIpc) is 3.10. The number of furan rings is 1. The van der Waals surface area contributed by atoms with Gasteiger partial charge in [0, 0.05) is 32.2 Å². The van der Waals surface area contributed by atoms with E-state index >= 15 is 0 Å². The fourth-order valence-electron chi connectivity index (χ4n) is 2.82. The molecule has 1 aromatic heterocycles. The Bertz CT molecular complexity index is 756. The predicted molar refractivity (Wildman–Crippen MR) is 95.1 cm³/mol. The summed E-state index contributed by atoms with van der Waals surface area (Å²) in [6.45, 7) is 2.32. The van der Waals surface area contributed by atoms with Gasteiger partial charge in [0.15, 0.2) is 0 Å². The van der Waals surface area contributed by atoms with Crippen LogP contribution < -0.4 is 10.6 Å². The lowest BCUT2D eigenvalue weighted by Gasteiger charge is -2.35. The lowest BCUT2D eigenvalue weighted by Crippen LogP contribution is -2.48. The highest BCUT2D eigenvalue weighted by Crippen LogP contribution is 2.28. The fourth-order valence-corrected chi connectivity index (χ4v) is 2.82. The van der Waals surface area contributed by atoms with Crippen LogP contribution in [0.3, 0.4) is 0 Å². The Morgan fingerprint density at radius 1 is 1.24 bits per heavy atom. The minimum atomic E-state index is -0.382. The molecular weight excluding hydrogens is 348 g/mol. The van der Waals surface area contributed by atoms with Crippen molar-refractivity contribution in [1.29, 1.82) is 0 Å². The molecule has 1 amide bonds. The number of carbonyl (C=O) groups is 1. The van der Waals surface area contributed by atoms with E-state index in [0.29, 0.717) is 43.2 Å². The van der Waals surface area contributed by atoms with Gasteiger partial charge in [0.1, 0.15) is 17.7 Å². The second-order valence-electron chi connectivity index (χ2n) is 5.53. The number of nitro groups is 1. The van der Waals surface area contributed by atoms with Crippen molar-refractivity contribution in [3.8, 4) is 0 Å². The molecule has 1 aromatic carbocycles. The van der Waals surface area contributed by atoms with Crippen molar-refractivity contribution in [2.75, 3.05) is 31.1 Å². The Morgan fingerprint density at radius 2 is 1.92 bits per heavy atom. The standard InChI is InChI=1S/C16H18N4O4.ClH/c17-10-13-9-12(11-24-13)16(21)19-7-5-18(6-8-19)14-3-1-2-4-15(14)20(22)23;/h1-4,9,11H,5-8,10,17H2;1H. The molecule has 2 N–H and O–H groups in total. The maximum Gasteiger partial charge on any atom is 0.292 e. The van der Waals surface area contributed by atoms with Crippen molar-refractivity contribution >= 4 is 29.7 Å². The summed E-state index contributed by atoms with van der Waals surface area (Å²) in [5, 5.41) is 11.1. The first kappa shape index (κ1) is 18.8. The normalized spacial score (nSPS) is 14.1. The molecule has 2 heterocycles. The largest absolute Gasteiger partial charge is 0.467 e. The van der Waals surface area contributed by atoms with E-state index in [1.165, 1.54) is 12.3 Å². The second-order valence-corrected chi connectivity index (χ2v) is 5.53. The van der Waals surface area contributed by atoms with E-state index in [2.05, 4.69) is 0 Å². The van der Waals surface area contributed by atoms with Crippen molar-refractivity contribution in [3.63, 3.8) is 0 Å². The molecule has 0 unspecified atom stereocenters. The zero-order valence-corrected chi connectivity index (χ0v) is 14.3. The fraction of sp³-hybridized carbons (Fsp3) is 0.312. The van der Waals surface area contributed by atoms with Crippen LogP contribution in [0.5, 0.6) is 0 Å². The number of carbonyl (C=O) groups excluding carboxylic acids is 1. The molecule has 0 radical (unpaired) electrons. The van der Waals surface area contributed by atoms with Gasteiger partial charge in [0.2, 0.25) is 0 Å². The summed E-state index contributed by atoms with van der Waals surface area (Å²) in [6.07, 6.45) is 1.42. The third kappa shape index (κ3) is 3.92. The smallest absolute Gasteiger partial charge is 0.292 e. The number of rotatable bonds is 4. The Hall–Kier alpha value is -2.58. The number of hydrogen-bond acceptors (Lipinski definition) is 6. The lowest BCUT2D eigenvalue weighted by molar-refractivity contribution is -0.384. The highest BCUT2D eigenvalue weighted by molar-refractivity contribution is 5.94. The first-order valence-corrected chi connectivity index (χ1v) is 7.65. The first-order chi connectivity index (χ1) is 11.6. The molecule has 25 heavy (non-hydrogen) atoms. The van der Waals surface area contributed by atoms with Gasteiger partial charge in [0.25, 0.3) is 11.6 Å². The van der Waals surface area contributed by atoms with Crippen LogP contribution in [0.15, 0.2) is 41.0 Å². The number of piperazine rings is 1. The van der Waals surface area contributed by atoms with Gasteiger partial charge < -0.3 is 20.0 Å². The van der Waals surface area contributed by atoms with Crippen molar-refractivity contribution in [1.82, 2.24) is 4.90 Å². The van der Waals surface area contributed by atoms with E-state index in [1.54, 1.807) is 29.2 Å². The number of nitrogens with two attached hydrogens (primary N) is 1. The average molecular weight is 367 g/mol. The third-order valence-corrected chi connectivity index (χ3v) is 4.09. The second kappa shape index (κ2) is 8.00. The Balaban J connectivity index is 0.00000225. The van der Waals surface area contributed by atoms with Crippen molar-refractivity contribution < 1.29 is 14.1 Å². The number of anilines is 1. The molecular formula is C16H19ClN4O4. The molecule has 3 rings (SSSR count). The topological polar surface area (TPSA) is 106 Å². The third-order valence-electron chi connectivity index (χ3n) is 4.09. The molecule has 1 aliphatic heterocycles. The quantitative estimate of drug-likeness (QED) is 0.655. The molecule has 2 aromatic rings. The van der Waals surface area contributed by atoms with E-state index in [9.17, 15) is 14.9 Å². The molecule has 134 valence electrons.